The molecule has 0 atom stereocenters. The molecule has 0 aromatic heterocycles. The zero-order valence-electron chi connectivity index (χ0n) is 14.7. The second-order valence-corrected chi connectivity index (χ2v) is 8.55. The minimum atomic E-state index is -3.82. The standard InChI is InChI=1S/C20H16Cl2N2O3S/c1-13-6-7-14(20(25)23-18-5-3-2-4-17(18)22)12-19(13)24-28(26,27)16-10-8-15(21)9-11-16/h2-12,24H,1H3,(H,23,25). The number of rotatable bonds is 5. The predicted molar refractivity (Wildman–Crippen MR) is 113 cm³/mol. The van der Waals surface area contributed by atoms with Crippen LogP contribution < -0.4 is 10.0 Å². The van der Waals surface area contributed by atoms with Crippen LogP contribution in [0.5, 0.6) is 0 Å². The van der Waals surface area contributed by atoms with Crippen molar-refractivity contribution >= 4 is 50.5 Å². The molecule has 0 bridgehead atoms. The molecule has 3 aromatic rings. The van der Waals surface area contributed by atoms with Gasteiger partial charge >= 0.3 is 0 Å². The summed E-state index contributed by atoms with van der Waals surface area (Å²) in [6, 6.07) is 17.4. The van der Waals surface area contributed by atoms with Crippen molar-refractivity contribution in [1.29, 1.82) is 0 Å². The van der Waals surface area contributed by atoms with E-state index < -0.39 is 15.9 Å². The Balaban J connectivity index is 1.86. The Hall–Kier alpha value is -2.54. The number of hydrogen-bond donors (Lipinski definition) is 2. The van der Waals surface area contributed by atoms with Gasteiger partial charge in [-0.25, -0.2) is 8.42 Å². The first-order valence-corrected chi connectivity index (χ1v) is 10.4. The Morgan fingerprint density at radius 2 is 1.57 bits per heavy atom. The minimum absolute atomic E-state index is 0.0715. The Morgan fingerprint density at radius 3 is 2.25 bits per heavy atom. The van der Waals surface area contributed by atoms with Gasteiger partial charge in [0.25, 0.3) is 15.9 Å². The van der Waals surface area contributed by atoms with Crippen molar-refractivity contribution in [3.05, 3.63) is 87.9 Å². The van der Waals surface area contributed by atoms with E-state index in [1.54, 1.807) is 43.3 Å². The van der Waals surface area contributed by atoms with Gasteiger partial charge in [-0.3, -0.25) is 9.52 Å². The van der Waals surface area contributed by atoms with Gasteiger partial charge in [0, 0.05) is 10.6 Å². The molecule has 2 N–H and O–H groups in total. The van der Waals surface area contributed by atoms with Gasteiger partial charge in [0.1, 0.15) is 0 Å². The highest BCUT2D eigenvalue weighted by Gasteiger charge is 2.17. The van der Waals surface area contributed by atoms with Gasteiger partial charge in [0.05, 0.1) is 21.3 Å². The molecule has 1 amide bonds. The number of halogens is 2. The van der Waals surface area contributed by atoms with E-state index in [-0.39, 0.29) is 4.90 Å². The molecule has 0 saturated carbocycles. The lowest BCUT2D eigenvalue weighted by Crippen LogP contribution is -2.16. The molecule has 0 aliphatic carbocycles. The monoisotopic (exact) mass is 434 g/mol. The van der Waals surface area contributed by atoms with Crippen LogP contribution in [0, 0.1) is 6.92 Å². The number of carbonyl (C=O) groups is 1. The third kappa shape index (κ3) is 4.65. The number of aryl methyl sites for hydroxylation is 1. The highest BCUT2D eigenvalue weighted by atomic mass is 35.5. The van der Waals surface area contributed by atoms with Gasteiger partial charge in [-0.05, 0) is 61.0 Å². The number of anilines is 2. The average molecular weight is 435 g/mol. The van der Waals surface area contributed by atoms with Crippen LogP contribution in [0.15, 0.2) is 71.6 Å². The molecule has 8 heteroatoms. The lowest BCUT2D eigenvalue weighted by molar-refractivity contribution is 0.102. The zero-order valence-corrected chi connectivity index (χ0v) is 17.1. The third-order valence-electron chi connectivity index (χ3n) is 3.99. The highest BCUT2D eigenvalue weighted by Crippen LogP contribution is 2.24. The zero-order chi connectivity index (χ0) is 20.3. The molecule has 28 heavy (non-hydrogen) atoms. The topological polar surface area (TPSA) is 75.3 Å². The molecule has 0 aliphatic heterocycles. The van der Waals surface area contributed by atoms with Crippen LogP contribution in [-0.4, -0.2) is 14.3 Å². The van der Waals surface area contributed by atoms with E-state index in [9.17, 15) is 13.2 Å². The van der Waals surface area contributed by atoms with E-state index >= 15 is 0 Å². The van der Waals surface area contributed by atoms with Gasteiger partial charge < -0.3 is 5.32 Å². The van der Waals surface area contributed by atoms with Crippen LogP contribution >= 0.6 is 23.2 Å². The second-order valence-electron chi connectivity index (χ2n) is 6.02. The molecule has 0 radical (unpaired) electrons. The van der Waals surface area contributed by atoms with Crippen molar-refractivity contribution in [2.45, 2.75) is 11.8 Å². The molecule has 0 unspecified atom stereocenters. The van der Waals surface area contributed by atoms with Gasteiger partial charge in [-0.1, -0.05) is 41.4 Å². The predicted octanol–water partition coefficient (Wildman–Crippen LogP) is 5.35. The van der Waals surface area contributed by atoms with E-state index in [0.29, 0.717) is 32.5 Å². The first-order chi connectivity index (χ1) is 13.3. The summed E-state index contributed by atoms with van der Waals surface area (Å²) >= 11 is 11.9. The summed E-state index contributed by atoms with van der Waals surface area (Å²) in [5, 5.41) is 3.56. The number of amides is 1. The van der Waals surface area contributed by atoms with Crippen molar-refractivity contribution in [3.8, 4) is 0 Å². The van der Waals surface area contributed by atoms with E-state index in [1.807, 2.05) is 0 Å². The summed E-state index contributed by atoms with van der Waals surface area (Å²) in [5.74, 6) is -0.403. The average Bonchev–Trinajstić information content (AvgIpc) is 2.65. The number of para-hydroxylation sites is 1. The van der Waals surface area contributed by atoms with E-state index in [4.69, 9.17) is 23.2 Å². The van der Waals surface area contributed by atoms with Crippen LogP contribution in [0.1, 0.15) is 15.9 Å². The van der Waals surface area contributed by atoms with E-state index in [1.165, 1.54) is 30.3 Å². The molecule has 0 fully saturated rings. The van der Waals surface area contributed by atoms with Gasteiger partial charge in [0.15, 0.2) is 0 Å². The second kappa shape index (κ2) is 8.22. The SMILES string of the molecule is Cc1ccc(C(=O)Nc2ccccc2Cl)cc1NS(=O)(=O)c1ccc(Cl)cc1. The van der Waals surface area contributed by atoms with Crippen LogP contribution in [0.25, 0.3) is 0 Å². The van der Waals surface area contributed by atoms with Gasteiger partial charge in [0.2, 0.25) is 0 Å². The van der Waals surface area contributed by atoms with Gasteiger partial charge in [-0.2, -0.15) is 0 Å². The van der Waals surface area contributed by atoms with Crippen molar-refractivity contribution in [1.82, 2.24) is 0 Å². The normalized spacial score (nSPS) is 11.1. The van der Waals surface area contributed by atoms with Crippen molar-refractivity contribution in [2.75, 3.05) is 10.0 Å². The van der Waals surface area contributed by atoms with Crippen molar-refractivity contribution in [2.24, 2.45) is 0 Å². The molecule has 0 spiro atoms. The molecule has 0 heterocycles. The largest absolute Gasteiger partial charge is 0.321 e. The Kier molecular flexibility index (Phi) is 5.93. The van der Waals surface area contributed by atoms with Crippen LogP contribution in [0.2, 0.25) is 10.0 Å². The van der Waals surface area contributed by atoms with Crippen molar-refractivity contribution < 1.29 is 13.2 Å². The smallest absolute Gasteiger partial charge is 0.261 e. The number of carbonyl (C=O) groups excluding carboxylic acids is 1. The molecular formula is C20H16Cl2N2O3S. The Bertz CT molecular complexity index is 1130. The van der Waals surface area contributed by atoms with E-state index in [2.05, 4.69) is 10.0 Å². The van der Waals surface area contributed by atoms with Crippen LogP contribution in [0.4, 0.5) is 11.4 Å². The molecule has 144 valence electrons. The first kappa shape index (κ1) is 20.2. The lowest BCUT2D eigenvalue weighted by atomic mass is 10.1. The maximum Gasteiger partial charge on any atom is 0.261 e. The van der Waals surface area contributed by atoms with E-state index in [0.717, 1.165) is 0 Å². The Morgan fingerprint density at radius 1 is 0.893 bits per heavy atom. The van der Waals surface area contributed by atoms with Crippen LogP contribution in [-0.2, 0) is 10.0 Å². The summed E-state index contributed by atoms with van der Waals surface area (Å²) in [7, 11) is -3.82. The summed E-state index contributed by atoms with van der Waals surface area (Å²) in [4.78, 5) is 12.6. The molecule has 3 rings (SSSR count). The fourth-order valence-electron chi connectivity index (χ4n) is 2.45. The summed E-state index contributed by atoms with van der Waals surface area (Å²) in [6.07, 6.45) is 0. The number of sulfonamides is 1. The van der Waals surface area contributed by atoms with Crippen LogP contribution in [0.3, 0.4) is 0 Å². The molecule has 5 nitrogen and oxygen atoms in total. The summed E-state index contributed by atoms with van der Waals surface area (Å²) < 4.78 is 27.7. The maximum absolute atomic E-state index is 12.6. The molecule has 0 saturated heterocycles. The highest BCUT2D eigenvalue weighted by molar-refractivity contribution is 7.92. The first-order valence-electron chi connectivity index (χ1n) is 8.21. The third-order valence-corrected chi connectivity index (χ3v) is 5.95. The minimum Gasteiger partial charge on any atom is -0.321 e. The summed E-state index contributed by atoms with van der Waals surface area (Å²) in [6.45, 7) is 1.75. The fourth-order valence-corrected chi connectivity index (χ4v) is 3.88. The number of benzene rings is 3. The lowest BCUT2D eigenvalue weighted by Gasteiger charge is -2.13. The fraction of sp³-hybridized carbons (Fsp3) is 0.0500. The molecule has 3 aromatic carbocycles. The molecular weight excluding hydrogens is 419 g/mol. The number of nitrogens with one attached hydrogen (secondary N) is 2. The quantitative estimate of drug-likeness (QED) is 0.567. The Labute approximate surface area is 173 Å². The van der Waals surface area contributed by atoms with Crippen molar-refractivity contribution in [3.63, 3.8) is 0 Å². The number of hydrogen-bond acceptors (Lipinski definition) is 3. The van der Waals surface area contributed by atoms with Gasteiger partial charge in [-0.15, -0.1) is 0 Å². The molecule has 0 aliphatic rings. The summed E-state index contributed by atoms with van der Waals surface area (Å²) in [5.41, 5.74) is 1.74. The maximum atomic E-state index is 12.6.